The molecule has 4 nitrogen and oxygen atoms in total. The van der Waals surface area contributed by atoms with Gasteiger partial charge >= 0.3 is 0 Å². The van der Waals surface area contributed by atoms with Gasteiger partial charge in [0.1, 0.15) is 5.75 Å². The van der Waals surface area contributed by atoms with Crippen molar-refractivity contribution in [2.45, 2.75) is 10.9 Å². The predicted octanol–water partition coefficient (Wildman–Crippen LogP) is 2.91. The Morgan fingerprint density at radius 2 is 1.90 bits per heavy atom. The molecule has 112 valence electrons. The summed E-state index contributed by atoms with van der Waals surface area (Å²) in [5, 5.41) is 0. The van der Waals surface area contributed by atoms with Crippen LogP contribution in [0.3, 0.4) is 0 Å². The minimum atomic E-state index is -3.26. The largest absolute Gasteiger partial charge is 0.496 e. The van der Waals surface area contributed by atoms with Gasteiger partial charge in [0.05, 0.1) is 18.0 Å². The van der Waals surface area contributed by atoms with E-state index in [-0.39, 0.29) is 4.90 Å². The second-order valence-electron chi connectivity index (χ2n) is 4.71. The van der Waals surface area contributed by atoms with E-state index in [2.05, 4.69) is 15.9 Å². The molecule has 6 heteroatoms. The van der Waals surface area contributed by atoms with Crippen molar-refractivity contribution >= 4 is 25.8 Å². The fourth-order valence-corrected chi connectivity index (χ4v) is 3.12. The van der Waals surface area contributed by atoms with Crippen LogP contribution in [0.2, 0.25) is 0 Å². The van der Waals surface area contributed by atoms with E-state index < -0.39 is 15.9 Å². The third kappa shape index (κ3) is 3.64. The van der Waals surface area contributed by atoms with Crippen molar-refractivity contribution in [3.63, 3.8) is 0 Å². The molecule has 0 fully saturated rings. The molecule has 21 heavy (non-hydrogen) atoms. The summed E-state index contributed by atoms with van der Waals surface area (Å²) >= 11 is 3.41. The average Bonchev–Trinajstić information content (AvgIpc) is 2.45. The zero-order valence-corrected chi connectivity index (χ0v) is 14.1. The third-order valence-corrected chi connectivity index (χ3v) is 4.78. The molecule has 0 aliphatic carbocycles. The number of sulfone groups is 1. The molecule has 0 radical (unpaired) electrons. The van der Waals surface area contributed by atoms with Crippen LogP contribution in [0.5, 0.6) is 5.75 Å². The zero-order valence-electron chi connectivity index (χ0n) is 11.7. The zero-order chi connectivity index (χ0) is 15.6. The molecule has 0 amide bonds. The predicted molar refractivity (Wildman–Crippen MR) is 86.3 cm³/mol. The summed E-state index contributed by atoms with van der Waals surface area (Å²) < 4.78 is 29.5. The van der Waals surface area contributed by atoms with E-state index in [0.29, 0.717) is 11.3 Å². The Labute approximate surface area is 133 Å². The summed E-state index contributed by atoms with van der Waals surface area (Å²) in [4.78, 5) is 0.254. The fraction of sp³-hybridized carbons (Fsp3) is 0.200. The fourth-order valence-electron chi connectivity index (χ4n) is 2.07. The van der Waals surface area contributed by atoms with E-state index in [1.807, 2.05) is 18.2 Å². The van der Waals surface area contributed by atoms with Crippen LogP contribution >= 0.6 is 15.9 Å². The molecule has 2 aromatic carbocycles. The van der Waals surface area contributed by atoms with Crippen molar-refractivity contribution in [3.05, 3.63) is 58.1 Å². The highest BCUT2D eigenvalue weighted by molar-refractivity contribution is 9.10. The topological polar surface area (TPSA) is 69.4 Å². The van der Waals surface area contributed by atoms with Gasteiger partial charge in [0.25, 0.3) is 0 Å². The number of rotatable bonds is 4. The summed E-state index contributed by atoms with van der Waals surface area (Å²) in [6.07, 6.45) is 1.18. The number of hydrogen-bond acceptors (Lipinski definition) is 4. The molecule has 0 aliphatic rings. The van der Waals surface area contributed by atoms with Crippen molar-refractivity contribution in [1.82, 2.24) is 0 Å². The van der Waals surface area contributed by atoms with Crippen LogP contribution in [0.25, 0.3) is 0 Å². The lowest BCUT2D eigenvalue weighted by Gasteiger charge is -2.17. The van der Waals surface area contributed by atoms with Gasteiger partial charge in [0.15, 0.2) is 9.84 Å². The van der Waals surface area contributed by atoms with Gasteiger partial charge in [-0.05, 0) is 35.9 Å². The van der Waals surface area contributed by atoms with Crippen LogP contribution in [0.1, 0.15) is 17.2 Å². The van der Waals surface area contributed by atoms with Gasteiger partial charge in [-0.3, -0.25) is 0 Å². The van der Waals surface area contributed by atoms with Crippen molar-refractivity contribution < 1.29 is 13.2 Å². The molecular weight excluding hydrogens is 354 g/mol. The lowest BCUT2D eigenvalue weighted by atomic mass is 9.99. The lowest BCUT2D eigenvalue weighted by Crippen LogP contribution is -2.14. The Balaban J connectivity index is 2.50. The first kappa shape index (κ1) is 16.0. The molecule has 1 unspecified atom stereocenters. The Morgan fingerprint density at radius 1 is 1.19 bits per heavy atom. The van der Waals surface area contributed by atoms with Crippen LogP contribution < -0.4 is 10.5 Å². The van der Waals surface area contributed by atoms with Crippen molar-refractivity contribution in [2.24, 2.45) is 5.73 Å². The SMILES string of the molecule is COc1ccc(Br)cc1C(N)c1cccc(S(C)(=O)=O)c1. The van der Waals surface area contributed by atoms with Gasteiger partial charge in [-0.15, -0.1) is 0 Å². The smallest absolute Gasteiger partial charge is 0.175 e. The molecule has 0 aliphatic heterocycles. The highest BCUT2D eigenvalue weighted by atomic mass is 79.9. The van der Waals surface area contributed by atoms with Crippen molar-refractivity contribution in [3.8, 4) is 5.75 Å². The molecule has 0 bridgehead atoms. The normalized spacial score (nSPS) is 13.0. The van der Waals surface area contributed by atoms with E-state index in [9.17, 15) is 8.42 Å². The van der Waals surface area contributed by atoms with E-state index in [0.717, 1.165) is 10.0 Å². The van der Waals surface area contributed by atoms with E-state index in [1.165, 1.54) is 6.26 Å². The summed E-state index contributed by atoms with van der Waals surface area (Å²) in [5.41, 5.74) is 7.78. The maximum absolute atomic E-state index is 11.6. The molecule has 2 aromatic rings. The van der Waals surface area contributed by atoms with Crippen LogP contribution in [0.4, 0.5) is 0 Å². The Kier molecular flexibility index (Phi) is 4.70. The molecule has 0 heterocycles. The number of methoxy groups -OCH3 is 1. The second kappa shape index (κ2) is 6.17. The Morgan fingerprint density at radius 3 is 2.52 bits per heavy atom. The summed E-state index contributed by atoms with van der Waals surface area (Å²) in [5.74, 6) is 0.662. The molecule has 0 saturated carbocycles. The molecule has 2 rings (SSSR count). The molecular formula is C15H16BrNO3S. The standard InChI is InChI=1S/C15H16BrNO3S/c1-20-14-7-6-11(16)9-13(14)15(17)10-4-3-5-12(8-10)21(2,18)19/h3-9,15H,17H2,1-2H3. The second-order valence-corrected chi connectivity index (χ2v) is 7.64. The Hall–Kier alpha value is -1.37. The first-order valence-corrected chi connectivity index (χ1v) is 8.90. The number of ether oxygens (including phenoxy) is 1. The van der Waals surface area contributed by atoms with Gasteiger partial charge in [-0.25, -0.2) is 8.42 Å². The monoisotopic (exact) mass is 369 g/mol. The van der Waals surface area contributed by atoms with Gasteiger partial charge in [0.2, 0.25) is 0 Å². The first-order valence-electron chi connectivity index (χ1n) is 6.22. The molecule has 1 atom stereocenters. The molecule has 2 N–H and O–H groups in total. The van der Waals surface area contributed by atoms with Crippen molar-refractivity contribution in [2.75, 3.05) is 13.4 Å². The Bertz CT molecular complexity index is 759. The van der Waals surface area contributed by atoms with Gasteiger partial charge < -0.3 is 10.5 Å². The van der Waals surface area contributed by atoms with Gasteiger partial charge in [0, 0.05) is 16.3 Å². The lowest BCUT2D eigenvalue weighted by molar-refractivity contribution is 0.407. The van der Waals surface area contributed by atoms with Gasteiger partial charge in [-0.2, -0.15) is 0 Å². The quantitative estimate of drug-likeness (QED) is 0.899. The molecule has 0 aromatic heterocycles. The number of benzene rings is 2. The first-order chi connectivity index (χ1) is 9.82. The number of halogens is 1. The summed E-state index contributed by atoms with van der Waals surface area (Å²) in [6, 6.07) is 11.7. The third-order valence-electron chi connectivity index (χ3n) is 3.17. The highest BCUT2D eigenvalue weighted by Crippen LogP contribution is 2.31. The van der Waals surface area contributed by atoms with Crippen molar-refractivity contribution in [1.29, 1.82) is 0 Å². The molecule has 0 spiro atoms. The number of hydrogen-bond donors (Lipinski definition) is 1. The maximum Gasteiger partial charge on any atom is 0.175 e. The van der Waals surface area contributed by atoms with Crippen LogP contribution in [0, 0.1) is 0 Å². The van der Waals surface area contributed by atoms with Crippen LogP contribution in [-0.2, 0) is 9.84 Å². The molecule has 0 saturated heterocycles. The van der Waals surface area contributed by atoms with E-state index >= 15 is 0 Å². The average molecular weight is 370 g/mol. The van der Waals surface area contributed by atoms with E-state index in [1.54, 1.807) is 31.4 Å². The maximum atomic E-state index is 11.6. The van der Waals surface area contributed by atoms with E-state index in [4.69, 9.17) is 10.5 Å². The van der Waals surface area contributed by atoms with Crippen LogP contribution in [-0.4, -0.2) is 21.8 Å². The number of nitrogens with two attached hydrogens (primary N) is 1. The minimum absolute atomic E-state index is 0.254. The summed E-state index contributed by atoms with van der Waals surface area (Å²) in [7, 11) is -1.69. The van der Waals surface area contributed by atoms with Gasteiger partial charge in [-0.1, -0.05) is 28.1 Å². The summed E-state index contributed by atoms with van der Waals surface area (Å²) in [6.45, 7) is 0. The van der Waals surface area contributed by atoms with Crippen LogP contribution in [0.15, 0.2) is 51.8 Å². The minimum Gasteiger partial charge on any atom is -0.496 e. The highest BCUT2D eigenvalue weighted by Gasteiger charge is 2.16.